The maximum Gasteiger partial charge on any atom is 0.333 e. The van der Waals surface area contributed by atoms with E-state index in [1.54, 1.807) is 0 Å². The van der Waals surface area contributed by atoms with E-state index in [1.165, 1.54) is 14.1 Å². The number of ketones is 1. The lowest BCUT2D eigenvalue weighted by Gasteiger charge is -2.42. The minimum absolute atomic E-state index is 0.0841. The SMILES string of the molecule is Cn1c(O)c(C(=O)CNC2C(OCc3ccccc3)OC(CO)C(O)C2O)c(=O)n(C)c1=O. The predicted molar refractivity (Wildman–Crippen MR) is 114 cm³/mol. The van der Waals surface area contributed by atoms with Gasteiger partial charge in [0.2, 0.25) is 5.88 Å². The lowest BCUT2D eigenvalue weighted by molar-refractivity contribution is -0.273. The lowest BCUT2D eigenvalue weighted by atomic mass is 9.96. The molecular weight excluding hydrogens is 438 g/mol. The van der Waals surface area contributed by atoms with Gasteiger partial charge in [-0.3, -0.25) is 24.0 Å². The molecular formula is C21H27N3O9. The van der Waals surface area contributed by atoms with Crippen molar-refractivity contribution < 1.29 is 34.7 Å². The average molecular weight is 465 g/mol. The molecule has 0 saturated carbocycles. The van der Waals surface area contributed by atoms with Crippen molar-refractivity contribution in [2.75, 3.05) is 13.2 Å². The lowest BCUT2D eigenvalue weighted by Crippen LogP contribution is -2.64. The molecule has 12 heteroatoms. The van der Waals surface area contributed by atoms with E-state index in [0.29, 0.717) is 4.57 Å². The first-order chi connectivity index (χ1) is 15.7. The van der Waals surface area contributed by atoms with Gasteiger partial charge >= 0.3 is 5.69 Å². The summed E-state index contributed by atoms with van der Waals surface area (Å²) < 4.78 is 12.8. The highest BCUT2D eigenvalue weighted by Gasteiger charge is 2.45. The zero-order chi connectivity index (χ0) is 24.3. The number of ether oxygens (including phenoxy) is 2. The van der Waals surface area contributed by atoms with E-state index < -0.39 is 72.3 Å². The predicted octanol–water partition coefficient (Wildman–Crippen LogP) is -2.41. The van der Waals surface area contributed by atoms with Crippen LogP contribution in [0.2, 0.25) is 0 Å². The van der Waals surface area contributed by atoms with Gasteiger partial charge in [-0.15, -0.1) is 0 Å². The summed E-state index contributed by atoms with van der Waals surface area (Å²) in [6.45, 7) is -1.04. The number of benzene rings is 1. The van der Waals surface area contributed by atoms with Crippen molar-refractivity contribution in [3.63, 3.8) is 0 Å². The van der Waals surface area contributed by atoms with Gasteiger partial charge in [0.25, 0.3) is 5.56 Å². The first-order valence-corrected chi connectivity index (χ1v) is 10.2. The van der Waals surface area contributed by atoms with Crippen LogP contribution in [0.15, 0.2) is 39.9 Å². The molecule has 2 aromatic rings. The van der Waals surface area contributed by atoms with Gasteiger partial charge in [-0.2, -0.15) is 0 Å². The number of aliphatic hydroxyl groups excluding tert-OH is 3. The summed E-state index contributed by atoms with van der Waals surface area (Å²) >= 11 is 0. The van der Waals surface area contributed by atoms with Gasteiger partial charge in [-0.1, -0.05) is 30.3 Å². The topological polar surface area (TPSA) is 172 Å². The fourth-order valence-electron chi connectivity index (χ4n) is 3.57. The Bertz CT molecular complexity index is 1100. The molecule has 3 rings (SSSR count). The minimum Gasteiger partial charge on any atom is -0.494 e. The molecule has 0 spiro atoms. The van der Waals surface area contributed by atoms with Gasteiger partial charge < -0.3 is 29.9 Å². The zero-order valence-corrected chi connectivity index (χ0v) is 18.1. The molecule has 0 amide bonds. The summed E-state index contributed by atoms with van der Waals surface area (Å²) in [6, 6.07) is 7.95. The smallest absolute Gasteiger partial charge is 0.333 e. The fraction of sp³-hybridized carbons (Fsp3) is 0.476. The number of carbonyl (C=O) groups excluding carboxylic acids is 1. The number of hydrogen-bond acceptors (Lipinski definition) is 10. The number of aliphatic hydroxyl groups is 3. The van der Waals surface area contributed by atoms with Crippen molar-refractivity contribution in [3.05, 3.63) is 62.3 Å². The number of aromatic hydroxyl groups is 1. The van der Waals surface area contributed by atoms with Crippen molar-refractivity contribution in [3.8, 4) is 5.88 Å². The van der Waals surface area contributed by atoms with Crippen molar-refractivity contribution in [2.45, 2.75) is 37.3 Å². The molecule has 180 valence electrons. The Labute approximate surface area is 188 Å². The van der Waals surface area contributed by atoms with Crippen molar-refractivity contribution in [2.24, 2.45) is 14.1 Å². The third kappa shape index (κ3) is 5.05. The molecule has 2 heterocycles. The van der Waals surface area contributed by atoms with Crippen LogP contribution in [-0.2, 0) is 30.2 Å². The molecule has 1 aromatic heterocycles. The highest BCUT2D eigenvalue weighted by Crippen LogP contribution is 2.23. The zero-order valence-electron chi connectivity index (χ0n) is 18.1. The van der Waals surface area contributed by atoms with Crippen LogP contribution in [0.3, 0.4) is 0 Å². The third-order valence-electron chi connectivity index (χ3n) is 5.55. The van der Waals surface area contributed by atoms with Crippen LogP contribution in [0.4, 0.5) is 0 Å². The molecule has 5 N–H and O–H groups in total. The number of nitrogens with zero attached hydrogens (tertiary/aromatic N) is 2. The van der Waals surface area contributed by atoms with Crippen LogP contribution >= 0.6 is 0 Å². The first-order valence-electron chi connectivity index (χ1n) is 10.2. The van der Waals surface area contributed by atoms with E-state index in [9.17, 15) is 34.8 Å². The molecule has 33 heavy (non-hydrogen) atoms. The summed E-state index contributed by atoms with van der Waals surface area (Å²) in [5.41, 5.74) is -1.57. The van der Waals surface area contributed by atoms with E-state index in [-0.39, 0.29) is 6.61 Å². The van der Waals surface area contributed by atoms with Crippen LogP contribution in [-0.4, -0.2) is 79.1 Å². The molecule has 12 nitrogen and oxygen atoms in total. The molecule has 1 aliphatic heterocycles. The average Bonchev–Trinajstić information content (AvgIpc) is 2.82. The van der Waals surface area contributed by atoms with Crippen LogP contribution < -0.4 is 16.6 Å². The Morgan fingerprint density at radius 2 is 1.79 bits per heavy atom. The number of rotatable bonds is 8. The van der Waals surface area contributed by atoms with E-state index in [1.807, 2.05) is 30.3 Å². The van der Waals surface area contributed by atoms with E-state index in [2.05, 4.69) is 5.32 Å². The second-order valence-electron chi connectivity index (χ2n) is 7.74. The molecule has 0 aliphatic carbocycles. The Hall–Kier alpha value is -2.87. The molecule has 1 saturated heterocycles. The second-order valence-corrected chi connectivity index (χ2v) is 7.74. The van der Waals surface area contributed by atoms with Gasteiger partial charge in [-0.25, -0.2) is 4.79 Å². The minimum atomic E-state index is -1.49. The molecule has 5 unspecified atom stereocenters. The number of Topliss-reactive ketones (excluding diaryl/α,β-unsaturated/α-hetero) is 1. The summed E-state index contributed by atoms with van der Waals surface area (Å²) in [5, 5.41) is 43.1. The van der Waals surface area contributed by atoms with Crippen LogP contribution in [0.1, 0.15) is 15.9 Å². The van der Waals surface area contributed by atoms with Crippen molar-refractivity contribution >= 4 is 5.78 Å². The first kappa shape index (κ1) is 24.8. The van der Waals surface area contributed by atoms with Crippen molar-refractivity contribution in [1.82, 2.24) is 14.5 Å². The molecule has 1 aromatic carbocycles. The highest BCUT2D eigenvalue weighted by atomic mass is 16.7. The fourth-order valence-corrected chi connectivity index (χ4v) is 3.57. The standard InChI is InChI=1S/C21H27N3O9/c1-23-18(29)14(19(30)24(2)21(23)31)12(26)8-22-15-17(28)16(27)13(9-25)33-20(15)32-10-11-6-4-3-5-7-11/h3-7,13,15-17,20,22,25,27-29H,8-10H2,1-2H3. The number of hydrogen-bond donors (Lipinski definition) is 5. The third-order valence-corrected chi connectivity index (χ3v) is 5.55. The van der Waals surface area contributed by atoms with E-state index >= 15 is 0 Å². The summed E-state index contributed by atoms with van der Waals surface area (Å²) in [4.78, 5) is 37.0. The summed E-state index contributed by atoms with van der Waals surface area (Å²) in [5.74, 6) is -1.64. The molecule has 0 bridgehead atoms. The van der Waals surface area contributed by atoms with Crippen LogP contribution in [0.5, 0.6) is 5.88 Å². The summed E-state index contributed by atoms with van der Waals surface area (Å²) in [7, 11) is 2.38. The number of nitrogens with one attached hydrogen (secondary N) is 1. The highest BCUT2D eigenvalue weighted by molar-refractivity contribution is 5.99. The van der Waals surface area contributed by atoms with Crippen LogP contribution in [0, 0.1) is 0 Å². The maximum atomic E-state index is 12.7. The summed E-state index contributed by atoms with van der Waals surface area (Å²) in [6.07, 6.45) is -5.24. The van der Waals surface area contributed by atoms with Gasteiger partial charge in [0.15, 0.2) is 12.1 Å². The molecule has 0 radical (unpaired) electrons. The second kappa shape index (κ2) is 10.4. The largest absolute Gasteiger partial charge is 0.494 e. The van der Waals surface area contributed by atoms with Gasteiger partial charge in [0.05, 0.1) is 25.8 Å². The number of aromatic nitrogens is 2. The molecule has 1 fully saturated rings. The quantitative estimate of drug-likeness (QED) is 0.264. The van der Waals surface area contributed by atoms with E-state index in [0.717, 1.165) is 10.1 Å². The Morgan fingerprint density at radius 3 is 2.42 bits per heavy atom. The molecule has 5 atom stereocenters. The van der Waals surface area contributed by atoms with E-state index in [4.69, 9.17) is 9.47 Å². The number of carbonyl (C=O) groups is 1. The van der Waals surface area contributed by atoms with Gasteiger partial charge in [0.1, 0.15) is 23.9 Å². The van der Waals surface area contributed by atoms with Gasteiger partial charge in [-0.05, 0) is 5.56 Å². The van der Waals surface area contributed by atoms with Crippen LogP contribution in [0.25, 0.3) is 0 Å². The Morgan fingerprint density at radius 1 is 1.12 bits per heavy atom. The molecule has 1 aliphatic rings. The van der Waals surface area contributed by atoms with Crippen molar-refractivity contribution in [1.29, 1.82) is 0 Å². The Balaban J connectivity index is 1.79. The maximum absolute atomic E-state index is 12.7. The Kier molecular flexibility index (Phi) is 7.79. The van der Waals surface area contributed by atoms with Gasteiger partial charge in [0, 0.05) is 14.1 Å². The normalized spacial score (nSPS) is 25.2. The monoisotopic (exact) mass is 465 g/mol.